The lowest BCUT2D eigenvalue weighted by Gasteiger charge is -2.32. The molecule has 1 atom stereocenters. The Kier molecular flexibility index (Phi) is 3.27. The predicted molar refractivity (Wildman–Crippen MR) is 75.3 cm³/mol. The zero-order valence-electron chi connectivity index (χ0n) is 12.3. The average molecular weight is 276 g/mol. The second kappa shape index (κ2) is 5.11. The van der Waals surface area contributed by atoms with Crippen LogP contribution in [0.5, 0.6) is 0 Å². The predicted octanol–water partition coefficient (Wildman–Crippen LogP) is 1.55. The van der Waals surface area contributed by atoms with Crippen LogP contribution in [0.15, 0.2) is 0 Å². The van der Waals surface area contributed by atoms with E-state index in [9.17, 15) is 0 Å². The van der Waals surface area contributed by atoms with Crippen molar-refractivity contribution in [3.63, 3.8) is 0 Å². The van der Waals surface area contributed by atoms with Crippen molar-refractivity contribution in [3.8, 4) is 0 Å². The number of hydrogen-bond acceptors (Lipinski definition) is 4. The molecule has 1 aromatic heterocycles. The highest BCUT2D eigenvalue weighted by Crippen LogP contribution is 2.34. The maximum Gasteiger partial charge on any atom is 0.100 e. The second-order valence-corrected chi connectivity index (χ2v) is 6.86. The van der Waals surface area contributed by atoms with Crippen LogP contribution in [0.25, 0.3) is 0 Å². The normalized spacial score (nSPS) is 26.8. The molecule has 2 aliphatic carbocycles. The number of rotatable bonds is 6. The maximum atomic E-state index is 5.95. The molecule has 3 aliphatic rings. The van der Waals surface area contributed by atoms with Crippen LogP contribution in [-0.2, 0) is 18.3 Å². The van der Waals surface area contributed by atoms with E-state index >= 15 is 0 Å². The van der Waals surface area contributed by atoms with Crippen LogP contribution in [0.2, 0.25) is 0 Å². The van der Waals surface area contributed by atoms with E-state index in [1.165, 1.54) is 43.6 Å². The van der Waals surface area contributed by atoms with E-state index in [0.717, 1.165) is 38.1 Å². The van der Waals surface area contributed by atoms with Gasteiger partial charge in [0.1, 0.15) is 5.69 Å². The number of ether oxygens (including phenoxy) is 1. The minimum atomic E-state index is 0.441. The summed E-state index contributed by atoms with van der Waals surface area (Å²) in [7, 11) is 2.01. The van der Waals surface area contributed by atoms with Crippen molar-refractivity contribution in [3.05, 3.63) is 11.4 Å². The summed E-state index contributed by atoms with van der Waals surface area (Å²) in [5, 5.41) is 8.57. The number of fused-ring (bicyclic) bond motifs is 1. The van der Waals surface area contributed by atoms with Crippen LogP contribution in [0.1, 0.15) is 43.0 Å². The number of nitrogens with zero attached hydrogens (tertiary/aromatic N) is 4. The zero-order chi connectivity index (χ0) is 13.5. The van der Waals surface area contributed by atoms with E-state index in [1.807, 2.05) is 11.7 Å². The Bertz CT molecular complexity index is 478. The average Bonchev–Trinajstić information content (AvgIpc) is 3.33. The summed E-state index contributed by atoms with van der Waals surface area (Å²) in [4.78, 5) is 2.56. The summed E-state index contributed by atoms with van der Waals surface area (Å²) in [5.74, 6) is 2.21. The first kappa shape index (κ1) is 12.8. The summed E-state index contributed by atoms with van der Waals surface area (Å²) in [6.45, 7) is 5.08. The topological polar surface area (TPSA) is 43.2 Å². The van der Waals surface area contributed by atoms with E-state index in [0.29, 0.717) is 5.92 Å². The van der Waals surface area contributed by atoms with E-state index in [2.05, 4.69) is 15.2 Å². The highest BCUT2D eigenvalue weighted by atomic mass is 16.5. The third-order valence-electron chi connectivity index (χ3n) is 4.77. The van der Waals surface area contributed by atoms with E-state index in [1.54, 1.807) is 0 Å². The lowest BCUT2D eigenvalue weighted by molar-refractivity contribution is 0.0872. The van der Waals surface area contributed by atoms with E-state index in [-0.39, 0.29) is 0 Å². The standard InChI is InChI=1S/C15H24N4O/c1-18-15-13(10-20-9-12-4-5-12)7-19(6-11-2-3-11)8-14(15)16-17-18/h11-13H,2-10H2,1H3. The van der Waals surface area contributed by atoms with Gasteiger partial charge in [-0.2, -0.15) is 0 Å². The minimum Gasteiger partial charge on any atom is -0.380 e. The van der Waals surface area contributed by atoms with Crippen LogP contribution >= 0.6 is 0 Å². The summed E-state index contributed by atoms with van der Waals surface area (Å²) in [6, 6.07) is 0. The zero-order valence-corrected chi connectivity index (χ0v) is 12.3. The molecule has 1 aromatic rings. The van der Waals surface area contributed by atoms with Gasteiger partial charge in [0.2, 0.25) is 0 Å². The van der Waals surface area contributed by atoms with Crippen LogP contribution in [0, 0.1) is 11.8 Å². The van der Waals surface area contributed by atoms with Crippen LogP contribution in [-0.4, -0.2) is 46.2 Å². The SMILES string of the molecule is Cn1nnc2c1C(COCC1CC1)CN(CC1CC1)C2. The molecule has 2 fully saturated rings. The van der Waals surface area contributed by atoms with E-state index < -0.39 is 0 Å². The highest BCUT2D eigenvalue weighted by Gasteiger charge is 2.33. The molecular weight excluding hydrogens is 252 g/mol. The lowest BCUT2D eigenvalue weighted by atomic mass is 9.98. The molecule has 0 N–H and O–H groups in total. The molecule has 110 valence electrons. The Morgan fingerprint density at radius 2 is 1.95 bits per heavy atom. The molecule has 0 amide bonds. The van der Waals surface area contributed by atoms with Crippen molar-refractivity contribution in [2.24, 2.45) is 18.9 Å². The first-order valence-electron chi connectivity index (χ1n) is 7.98. The molecule has 0 saturated heterocycles. The fourth-order valence-electron chi connectivity index (χ4n) is 3.29. The summed E-state index contributed by atoms with van der Waals surface area (Å²) < 4.78 is 7.90. The number of hydrogen-bond donors (Lipinski definition) is 0. The highest BCUT2D eigenvalue weighted by molar-refractivity contribution is 5.19. The third-order valence-corrected chi connectivity index (χ3v) is 4.77. The van der Waals surface area contributed by atoms with Gasteiger partial charge in [-0.25, -0.2) is 0 Å². The molecule has 20 heavy (non-hydrogen) atoms. The van der Waals surface area contributed by atoms with Crippen molar-refractivity contribution in [2.75, 3.05) is 26.3 Å². The van der Waals surface area contributed by atoms with Gasteiger partial charge in [-0.3, -0.25) is 9.58 Å². The molecule has 2 saturated carbocycles. The van der Waals surface area contributed by atoms with Crippen molar-refractivity contribution in [1.82, 2.24) is 19.9 Å². The van der Waals surface area contributed by atoms with Crippen molar-refractivity contribution < 1.29 is 4.74 Å². The van der Waals surface area contributed by atoms with Crippen molar-refractivity contribution in [2.45, 2.75) is 38.1 Å². The Morgan fingerprint density at radius 3 is 2.70 bits per heavy atom. The molecule has 4 rings (SSSR count). The molecule has 1 unspecified atom stereocenters. The minimum absolute atomic E-state index is 0.441. The van der Waals surface area contributed by atoms with Gasteiger partial charge in [-0.05, 0) is 37.5 Å². The Hall–Kier alpha value is -0.940. The van der Waals surface area contributed by atoms with Crippen molar-refractivity contribution in [1.29, 1.82) is 0 Å². The largest absolute Gasteiger partial charge is 0.380 e. The van der Waals surface area contributed by atoms with Gasteiger partial charge in [0.25, 0.3) is 0 Å². The van der Waals surface area contributed by atoms with Crippen LogP contribution in [0.3, 0.4) is 0 Å². The molecule has 0 radical (unpaired) electrons. The monoisotopic (exact) mass is 276 g/mol. The van der Waals surface area contributed by atoms with Gasteiger partial charge in [-0.1, -0.05) is 5.21 Å². The summed E-state index contributed by atoms with van der Waals surface area (Å²) >= 11 is 0. The van der Waals surface area contributed by atoms with Gasteiger partial charge < -0.3 is 4.74 Å². The Morgan fingerprint density at radius 1 is 1.15 bits per heavy atom. The quantitative estimate of drug-likeness (QED) is 0.790. The van der Waals surface area contributed by atoms with E-state index in [4.69, 9.17) is 4.74 Å². The van der Waals surface area contributed by atoms with Gasteiger partial charge >= 0.3 is 0 Å². The Balaban J connectivity index is 1.43. The molecule has 5 heteroatoms. The molecule has 5 nitrogen and oxygen atoms in total. The second-order valence-electron chi connectivity index (χ2n) is 6.86. The van der Waals surface area contributed by atoms with Gasteiger partial charge in [0.05, 0.1) is 12.3 Å². The first-order chi connectivity index (χ1) is 9.79. The smallest absolute Gasteiger partial charge is 0.100 e. The molecule has 0 bridgehead atoms. The molecule has 1 aliphatic heterocycles. The maximum absolute atomic E-state index is 5.95. The Labute approximate surface area is 120 Å². The summed E-state index contributed by atoms with van der Waals surface area (Å²) in [5.41, 5.74) is 2.47. The number of aromatic nitrogens is 3. The first-order valence-corrected chi connectivity index (χ1v) is 7.98. The van der Waals surface area contributed by atoms with Crippen LogP contribution < -0.4 is 0 Å². The van der Waals surface area contributed by atoms with Crippen molar-refractivity contribution >= 4 is 0 Å². The molecule has 2 heterocycles. The fourth-order valence-corrected chi connectivity index (χ4v) is 3.29. The molecular formula is C15H24N4O. The molecule has 0 spiro atoms. The lowest BCUT2D eigenvalue weighted by Crippen LogP contribution is -2.37. The van der Waals surface area contributed by atoms with Gasteiger partial charge in [0, 0.05) is 39.2 Å². The third kappa shape index (κ3) is 2.74. The van der Waals surface area contributed by atoms with Gasteiger partial charge in [-0.15, -0.1) is 5.10 Å². The van der Waals surface area contributed by atoms with Gasteiger partial charge in [0.15, 0.2) is 0 Å². The van der Waals surface area contributed by atoms with Crippen LogP contribution in [0.4, 0.5) is 0 Å². The fraction of sp³-hybridized carbons (Fsp3) is 0.867. The molecule has 0 aromatic carbocycles. The summed E-state index contributed by atoms with van der Waals surface area (Å²) in [6.07, 6.45) is 5.54. The number of aryl methyl sites for hydroxylation is 1.